The van der Waals surface area contributed by atoms with E-state index in [1.54, 1.807) is 0 Å². The molecule has 0 amide bonds. The van der Waals surface area contributed by atoms with Gasteiger partial charge in [-0.05, 0) is 30.2 Å². The highest BCUT2D eigenvalue weighted by Gasteiger charge is 2.26. The fraction of sp³-hybridized carbons (Fsp3) is 0.250. The topological polar surface area (TPSA) is 29.1 Å². The summed E-state index contributed by atoms with van der Waals surface area (Å²) in [6.45, 7) is 4.97. The van der Waals surface area contributed by atoms with Crippen molar-refractivity contribution in [3.8, 4) is 0 Å². The van der Waals surface area contributed by atoms with E-state index in [4.69, 9.17) is 0 Å². The van der Waals surface area contributed by atoms with Gasteiger partial charge in [-0.15, -0.1) is 0 Å². The summed E-state index contributed by atoms with van der Waals surface area (Å²) in [4.78, 5) is 0. The van der Waals surface area contributed by atoms with Crippen molar-refractivity contribution in [1.82, 2.24) is 5.09 Å². The Balaban J connectivity index is 2.42. The molecule has 0 heterocycles. The van der Waals surface area contributed by atoms with E-state index in [9.17, 15) is 4.57 Å². The Bertz CT molecular complexity index is 508. The molecule has 0 unspecified atom stereocenters. The lowest BCUT2D eigenvalue weighted by molar-refractivity contribution is 0.563. The van der Waals surface area contributed by atoms with Crippen LogP contribution in [0.5, 0.6) is 0 Å². The SMILES string of the molecule is CC(C)CNP(=O)(c1ccccc1)c1ccccc1. The Kier molecular flexibility index (Phi) is 4.57. The summed E-state index contributed by atoms with van der Waals surface area (Å²) in [5.41, 5.74) is 0. The van der Waals surface area contributed by atoms with E-state index in [2.05, 4.69) is 18.9 Å². The van der Waals surface area contributed by atoms with Crippen LogP contribution in [0.3, 0.4) is 0 Å². The summed E-state index contributed by atoms with van der Waals surface area (Å²) < 4.78 is 13.4. The maximum Gasteiger partial charge on any atom is 0.204 e. The standard InChI is InChI=1S/C16H20NOP/c1-14(2)13-17-19(18,15-9-5-3-6-10-15)16-11-7-4-8-12-16/h3-12,14H,13H2,1-2H3,(H,17,18). The van der Waals surface area contributed by atoms with Crippen LogP contribution in [0.2, 0.25) is 0 Å². The Labute approximate surface area is 115 Å². The minimum Gasteiger partial charge on any atom is -0.297 e. The molecule has 2 rings (SSSR count). The highest BCUT2D eigenvalue weighted by Crippen LogP contribution is 2.38. The molecule has 0 aliphatic rings. The van der Waals surface area contributed by atoms with Crippen molar-refractivity contribution in [3.05, 3.63) is 60.7 Å². The van der Waals surface area contributed by atoms with Gasteiger partial charge in [-0.25, -0.2) is 0 Å². The molecule has 1 N–H and O–H groups in total. The molecule has 0 radical (unpaired) electrons. The fourth-order valence-electron chi connectivity index (χ4n) is 1.92. The van der Waals surface area contributed by atoms with Crippen LogP contribution in [-0.4, -0.2) is 6.54 Å². The van der Waals surface area contributed by atoms with Crippen molar-refractivity contribution in [2.24, 2.45) is 5.92 Å². The van der Waals surface area contributed by atoms with Gasteiger partial charge >= 0.3 is 0 Å². The van der Waals surface area contributed by atoms with Crippen LogP contribution in [0.1, 0.15) is 13.8 Å². The van der Waals surface area contributed by atoms with Crippen LogP contribution < -0.4 is 15.7 Å². The van der Waals surface area contributed by atoms with E-state index in [0.717, 1.165) is 17.2 Å². The van der Waals surface area contributed by atoms with E-state index in [0.29, 0.717) is 5.92 Å². The molecule has 0 saturated carbocycles. The molecule has 2 nitrogen and oxygen atoms in total. The first-order valence-electron chi connectivity index (χ1n) is 6.59. The maximum atomic E-state index is 13.4. The van der Waals surface area contributed by atoms with Crippen molar-refractivity contribution in [3.63, 3.8) is 0 Å². The summed E-state index contributed by atoms with van der Waals surface area (Å²) >= 11 is 0. The quantitative estimate of drug-likeness (QED) is 0.848. The van der Waals surface area contributed by atoms with Crippen molar-refractivity contribution >= 4 is 17.9 Å². The number of rotatable bonds is 5. The van der Waals surface area contributed by atoms with Crippen molar-refractivity contribution in [1.29, 1.82) is 0 Å². The smallest absolute Gasteiger partial charge is 0.204 e. The molecule has 0 aromatic heterocycles. The summed E-state index contributed by atoms with van der Waals surface area (Å²) in [6.07, 6.45) is 0. The third kappa shape index (κ3) is 3.34. The first kappa shape index (κ1) is 14.0. The zero-order valence-corrected chi connectivity index (χ0v) is 12.3. The molecule has 0 bridgehead atoms. The van der Waals surface area contributed by atoms with Gasteiger partial charge in [0.25, 0.3) is 0 Å². The lowest BCUT2D eigenvalue weighted by atomic mass is 10.2. The van der Waals surface area contributed by atoms with E-state index < -0.39 is 7.29 Å². The van der Waals surface area contributed by atoms with E-state index in [1.165, 1.54) is 0 Å². The molecule has 0 fully saturated rings. The Morgan fingerprint density at radius 3 is 1.68 bits per heavy atom. The first-order valence-corrected chi connectivity index (χ1v) is 8.30. The number of nitrogens with one attached hydrogen (secondary N) is 1. The lowest BCUT2D eigenvalue weighted by Crippen LogP contribution is -2.29. The minimum atomic E-state index is -2.73. The van der Waals surface area contributed by atoms with Gasteiger partial charge in [0.05, 0.1) is 0 Å². The molecule has 2 aromatic rings. The molecule has 2 aromatic carbocycles. The predicted octanol–water partition coefficient (Wildman–Crippen LogP) is 3.16. The summed E-state index contributed by atoms with van der Waals surface area (Å²) in [5.74, 6) is 0.459. The molecule has 3 heteroatoms. The van der Waals surface area contributed by atoms with Crippen LogP contribution in [0, 0.1) is 5.92 Å². The van der Waals surface area contributed by atoms with Crippen molar-refractivity contribution in [2.45, 2.75) is 13.8 Å². The van der Waals surface area contributed by atoms with Gasteiger partial charge in [0.1, 0.15) is 0 Å². The van der Waals surface area contributed by atoms with Crippen LogP contribution in [0.25, 0.3) is 0 Å². The molecule has 0 spiro atoms. The van der Waals surface area contributed by atoms with Gasteiger partial charge in [0.15, 0.2) is 0 Å². The molecular weight excluding hydrogens is 253 g/mol. The second-order valence-corrected chi connectivity index (χ2v) is 7.60. The lowest BCUT2D eigenvalue weighted by Gasteiger charge is -2.21. The average molecular weight is 273 g/mol. The van der Waals surface area contributed by atoms with Gasteiger partial charge in [-0.1, -0.05) is 50.2 Å². The number of hydrogen-bond donors (Lipinski definition) is 1. The Morgan fingerprint density at radius 2 is 1.32 bits per heavy atom. The van der Waals surface area contributed by atoms with Crippen molar-refractivity contribution < 1.29 is 4.57 Å². The zero-order valence-electron chi connectivity index (χ0n) is 11.4. The minimum absolute atomic E-state index is 0.459. The zero-order chi connectivity index (χ0) is 13.7. The Morgan fingerprint density at radius 1 is 0.895 bits per heavy atom. The van der Waals surface area contributed by atoms with E-state index in [-0.39, 0.29) is 0 Å². The highest BCUT2D eigenvalue weighted by atomic mass is 31.2. The molecular formula is C16H20NOP. The molecule has 19 heavy (non-hydrogen) atoms. The highest BCUT2D eigenvalue weighted by molar-refractivity contribution is 7.76. The summed E-state index contributed by atoms with van der Waals surface area (Å²) in [6, 6.07) is 19.3. The fourth-order valence-corrected chi connectivity index (χ4v) is 4.39. The summed E-state index contributed by atoms with van der Waals surface area (Å²) in [7, 11) is -2.73. The van der Waals surface area contributed by atoms with Gasteiger partial charge < -0.3 is 0 Å². The van der Waals surface area contributed by atoms with Gasteiger partial charge in [0, 0.05) is 17.2 Å². The van der Waals surface area contributed by atoms with E-state index >= 15 is 0 Å². The monoisotopic (exact) mass is 273 g/mol. The van der Waals surface area contributed by atoms with Crippen LogP contribution in [0.15, 0.2) is 60.7 Å². The maximum absolute atomic E-state index is 13.4. The number of benzene rings is 2. The van der Waals surface area contributed by atoms with Crippen LogP contribution >= 0.6 is 7.29 Å². The van der Waals surface area contributed by atoms with Gasteiger partial charge in [0.2, 0.25) is 7.29 Å². The molecule has 0 aliphatic heterocycles. The predicted molar refractivity (Wildman–Crippen MR) is 82.6 cm³/mol. The number of hydrogen-bond acceptors (Lipinski definition) is 1. The van der Waals surface area contributed by atoms with Crippen molar-refractivity contribution in [2.75, 3.05) is 6.54 Å². The third-order valence-electron chi connectivity index (χ3n) is 2.96. The second kappa shape index (κ2) is 6.18. The van der Waals surface area contributed by atoms with Crippen LogP contribution in [-0.2, 0) is 4.57 Å². The molecule has 0 aliphatic carbocycles. The largest absolute Gasteiger partial charge is 0.297 e. The average Bonchev–Trinajstić information content (AvgIpc) is 2.46. The first-order chi connectivity index (χ1) is 9.13. The normalized spacial score (nSPS) is 11.7. The van der Waals surface area contributed by atoms with Gasteiger partial charge in [-0.3, -0.25) is 9.65 Å². The second-order valence-electron chi connectivity index (χ2n) is 5.04. The summed E-state index contributed by atoms with van der Waals surface area (Å²) in [5, 5.41) is 5.01. The molecule has 0 saturated heterocycles. The van der Waals surface area contributed by atoms with E-state index in [1.807, 2.05) is 60.7 Å². The molecule has 0 atom stereocenters. The third-order valence-corrected chi connectivity index (χ3v) is 5.64. The van der Waals surface area contributed by atoms with Gasteiger partial charge in [-0.2, -0.15) is 0 Å². The Hall–Kier alpha value is -1.37. The van der Waals surface area contributed by atoms with Crippen LogP contribution in [0.4, 0.5) is 0 Å². The molecule has 100 valence electrons.